The summed E-state index contributed by atoms with van der Waals surface area (Å²) in [6.07, 6.45) is 4.97. The minimum absolute atomic E-state index is 0.0607. The Morgan fingerprint density at radius 1 is 1.09 bits per heavy atom. The van der Waals surface area contributed by atoms with Gasteiger partial charge in [-0.2, -0.15) is 5.10 Å². The van der Waals surface area contributed by atoms with Crippen molar-refractivity contribution in [2.24, 2.45) is 12.5 Å². The van der Waals surface area contributed by atoms with Crippen molar-refractivity contribution in [2.75, 3.05) is 46.6 Å². The summed E-state index contributed by atoms with van der Waals surface area (Å²) >= 11 is 6.56. The molecule has 4 aromatic rings. The van der Waals surface area contributed by atoms with Gasteiger partial charge in [-0.15, -0.1) is 0 Å². The first-order chi connectivity index (χ1) is 20.8. The molecule has 0 radical (unpaired) electrons. The maximum absolute atomic E-state index is 12.8. The van der Waals surface area contributed by atoms with Crippen molar-refractivity contribution < 1.29 is 23.7 Å². The Morgan fingerprint density at radius 3 is 2.58 bits per heavy atom. The van der Waals surface area contributed by atoms with Crippen LogP contribution in [0.25, 0.3) is 10.9 Å². The predicted octanol–water partition coefficient (Wildman–Crippen LogP) is 5.43. The second kappa shape index (κ2) is 12.5. The maximum Gasteiger partial charge on any atom is 0.230 e. The fraction of sp³-hybridized carbons (Fsp3) is 0.438. The third kappa shape index (κ3) is 6.46. The normalized spacial score (nSPS) is 16.3. The van der Waals surface area contributed by atoms with E-state index in [1.807, 2.05) is 19.1 Å². The smallest absolute Gasteiger partial charge is 0.230 e. The fourth-order valence-electron chi connectivity index (χ4n) is 5.78. The zero-order chi connectivity index (χ0) is 30.0. The summed E-state index contributed by atoms with van der Waals surface area (Å²) in [6, 6.07) is 10.7. The molecule has 6 rings (SSSR count). The van der Waals surface area contributed by atoms with Crippen LogP contribution in [0.5, 0.6) is 23.1 Å². The number of nitrogens with zero attached hydrogens (tertiary/aromatic N) is 5. The summed E-state index contributed by atoms with van der Waals surface area (Å²) in [7, 11) is 3.36. The molecule has 0 bridgehead atoms. The van der Waals surface area contributed by atoms with Gasteiger partial charge in [-0.05, 0) is 69.1 Å². The lowest BCUT2D eigenvalue weighted by Gasteiger charge is -2.47. The Bertz CT molecular complexity index is 1630. The number of halogens is 1. The van der Waals surface area contributed by atoms with E-state index >= 15 is 0 Å². The number of benzene rings is 2. The summed E-state index contributed by atoms with van der Waals surface area (Å²) < 4.78 is 24.9. The largest absolute Gasteiger partial charge is 0.493 e. The molecule has 0 amide bonds. The van der Waals surface area contributed by atoms with Crippen LogP contribution in [0, 0.1) is 12.3 Å². The van der Waals surface area contributed by atoms with Gasteiger partial charge >= 0.3 is 0 Å². The molecule has 2 aliphatic heterocycles. The quantitative estimate of drug-likeness (QED) is 0.163. The SMILES string of the molecule is COc1cc2c(Oc3ccc(CC(=O)c4cc(C)nn4C)c(Cl)c3)ncnc2cc1OCCCN1CCC2(CC1)COC2. The number of carbonyl (C=O) groups excluding carboxylic acids is 1. The monoisotopic (exact) mass is 605 g/mol. The van der Waals surface area contributed by atoms with Gasteiger partial charge < -0.3 is 23.8 Å². The van der Waals surface area contributed by atoms with Gasteiger partial charge in [-0.25, -0.2) is 9.97 Å². The molecule has 2 fully saturated rings. The molecule has 0 unspecified atom stereocenters. The lowest BCUT2D eigenvalue weighted by atomic mass is 9.77. The number of methoxy groups -OCH3 is 1. The molecule has 2 aromatic carbocycles. The van der Waals surface area contributed by atoms with Crippen LogP contribution in [0.1, 0.15) is 41.0 Å². The van der Waals surface area contributed by atoms with Crippen molar-refractivity contribution in [1.29, 1.82) is 0 Å². The number of Topliss-reactive ketones (excluding diaryl/α,β-unsaturated/α-hetero) is 1. The molecule has 0 saturated carbocycles. The van der Waals surface area contributed by atoms with Crippen LogP contribution in [0.4, 0.5) is 0 Å². The third-order valence-corrected chi connectivity index (χ3v) is 8.72. The molecule has 0 N–H and O–H groups in total. The number of ether oxygens (including phenoxy) is 4. The number of carbonyl (C=O) groups is 1. The number of fused-ring (bicyclic) bond motifs is 1. The van der Waals surface area contributed by atoms with E-state index in [1.54, 1.807) is 43.1 Å². The van der Waals surface area contributed by atoms with Crippen LogP contribution in [0.3, 0.4) is 0 Å². The van der Waals surface area contributed by atoms with E-state index in [4.69, 9.17) is 30.5 Å². The second-order valence-corrected chi connectivity index (χ2v) is 11.9. The third-order valence-electron chi connectivity index (χ3n) is 8.37. The van der Waals surface area contributed by atoms with Gasteiger partial charge in [-0.1, -0.05) is 17.7 Å². The number of ketones is 1. The van der Waals surface area contributed by atoms with Crippen molar-refractivity contribution in [3.05, 3.63) is 64.7 Å². The second-order valence-electron chi connectivity index (χ2n) is 11.5. The molecule has 1 spiro atoms. The number of likely N-dealkylation sites (tertiary alicyclic amines) is 1. The highest BCUT2D eigenvalue weighted by molar-refractivity contribution is 6.31. The van der Waals surface area contributed by atoms with E-state index in [9.17, 15) is 4.79 Å². The van der Waals surface area contributed by atoms with Crippen LogP contribution in [0.2, 0.25) is 5.02 Å². The Kier molecular flexibility index (Phi) is 8.52. The number of hydrogen-bond acceptors (Lipinski definition) is 9. The molecule has 10 nitrogen and oxygen atoms in total. The standard InChI is InChI=1S/C32H36ClN5O5/c1-21-13-27(37(2)36-21)28(39)14-22-5-6-23(15-25(22)33)43-31-24-16-29(40-3)30(17-26(24)34-20-35-31)42-12-4-9-38-10-7-32(8-11-38)18-41-19-32/h5-6,13,15-17,20H,4,7-12,14,18-19H2,1-3H3. The fourth-order valence-corrected chi connectivity index (χ4v) is 6.01. The Morgan fingerprint density at radius 2 is 1.91 bits per heavy atom. The lowest BCUT2D eigenvalue weighted by molar-refractivity contribution is -0.139. The molecule has 2 aromatic heterocycles. The van der Waals surface area contributed by atoms with Gasteiger partial charge in [0.1, 0.15) is 17.8 Å². The lowest BCUT2D eigenvalue weighted by Crippen LogP contribution is -2.51. The first-order valence-electron chi connectivity index (χ1n) is 14.6. The highest BCUT2D eigenvalue weighted by atomic mass is 35.5. The van der Waals surface area contributed by atoms with Crippen LogP contribution in [-0.2, 0) is 18.2 Å². The summed E-state index contributed by atoms with van der Waals surface area (Å²) in [5, 5.41) is 5.36. The summed E-state index contributed by atoms with van der Waals surface area (Å²) in [5.41, 5.74) is 3.15. The Hall–Kier alpha value is -3.73. The van der Waals surface area contributed by atoms with E-state index in [-0.39, 0.29) is 12.2 Å². The molecule has 2 saturated heterocycles. The van der Waals surface area contributed by atoms with E-state index in [1.165, 1.54) is 19.2 Å². The number of piperidine rings is 1. The number of hydrogen-bond donors (Lipinski definition) is 0. The molecular formula is C32H36ClN5O5. The van der Waals surface area contributed by atoms with Crippen molar-refractivity contribution in [3.63, 3.8) is 0 Å². The average molecular weight is 606 g/mol. The first-order valence-corrected chi connectivity index (χ1v) is 15.0. The van der Waals surface area contributed by atoms with E-state index in [0.717, 1.165) is 45.0 Å². The summed E-state index contributed by atoms with van der Waals surface area (Å²) in [5.74, 6) is 2.00. The maximum atomic E-state index is 12.8. The van der Waals surface area contributed by atoms with Crippen molar-refractivity contribution in [1.82, 2.24) is 24.6 Å². The van der Waals surface area contributed by atoms with Crippen LogP contribution < -0.4 is 14.2 Å². The molecule has 11 heteroatoms. The van der Waals surface area contributed by atoms with Crippen LogP contribution >= 0.6 is 11.6 Å². The van der Waals surface area contributed by atoms with E-state index in [0.29, 0.717) is 62.3 Å². The predicted molar refractivity (Wildman–Crippen MR) is 163 cm³/mol. The van der Waals surface area contributed by atoms with Gasteiger partial charge in [0.05, 0.1) is 43.5 Å². The first kappa shape index (κ1) is 29.3. The highest BCUT2D eigenvalue weighted by Crippen LogP contribution is 2.39. The average Bonchev–Trinajstić information content (AvgIpc) is 3.33. The van der Waals surface area contributed by atoms with Gasteiger partial charge in [-0.3, -0.25) is 9.48 Å². The molecular weight excluding hydrogens is 570 g/mol. The molecule has 0 atom stereocenters. The van der Waals surface area contributed by atoms with Crippen molar-refractivity contribution >= 4 is 28.3 Å². The summed E-state index contributed by atoms with van der Waals surface area (Å²) in [6.45, 7) is 7.54. The van der Waals surface area contributed by atoms with Gasteiger partial charge in [0.15, 0.2) is 17.3 Å². The van der Waals surface area contributed by atoms with Crippen molar-refractivity contribution in [3.8, 4) is 23.1 Å². The van der Waals surface area contributed by atoms with Gasteiger partial charge in [0, 0.05) is 36.5 Å². The van der Waals surface area contributed by atoms with Gasteiger partial charge in [0.2, 0.25) is 5.88 Å². The van der Waals surface area contributed by atoms with E-state index < -0.39 is 0 Å². The minimum atomic E-state index is -0.0607. The number of aryl methyl sites for hydroxylation is 2. The van der Waals surface area contributed by atoms with Crippen LogP contribution in [-0.4, -0.2) is 77.0 Å². The van der Waals surface area contributed by atoms with E-state index in [2.05, 4.69) is 20.0 Å². The molecule has 43 heavy (non-hydrogen) atoms. The zero-order valence-corrected chi connectivity index (χ0v) is 25.5. The Labute approximate surface area is 255 Å². The zero-order valence-electron chi connectivity index (χ0n) is 24.8. The molecule has 0 aliphatic carbocycles. The number of aromatic nitrogens is 4. The molecule has 226 valence electrons. The highest BCUT2D eigenvalue weighted by Gasteiger charge is 2.40. The number of rotatable bonds is 11. The minimum Gasteiger partial charge on any atom is -0.493 e. The van der Waals surface area contributed by atoms with Crippen molar-refractivity contribution in [2.45, 2.75) is 32.6 Å². The molecule has 2 aliphatic rings. The van der Waals surface area contributed by atoms with Crippen LogP contribution in [0.15, 0.2) is 42.7 Å². The van der Waals surface area contributed by atoms with Gasteiger partial charge in [0.25, 0.3) is 0 Å². The molecule has 4 heterocycles. The topological polar surface area (TPSA) is 101 Å². The Balaban J connectivity index is 1.09. The summed E-state index contributed by atoms with van der Waals surface area (Å²) in [4.78, 5) is 24.1.